The molecule has 2 heterocycles. The van der Waals surface area contributed by atoms with Gasteiger partial charge < -0.3 is 16.0 Å². The molecule has 2 aromatic heterocycles. The molecule has 160 valence electrons. The van der Waals surface area contributed by atoms with E-state index >= 15 is 0 Å². The highest BCUT2D eigenvalue weighted by atomic mass is 32.2. The van der Waals surface area contributed by atoms with E-state index in [9.17, 15) is 9.18 Å². The zero-order valence-corrected chi connectivity index (χ0v) is 17.9. The molecular formula is C23H19FN6OS. The summed E-state index contributed by atoms with van der Waals surface area (Å²) >= 11 is 1.49. The molecule has 7 nitrogen and oxygen atoms in total. The van der Waals surface area contributed by atoms with Gasteiger partial charge in [-0.2, -0.15) is 0 Å². The van der Waals surface area contributed by atoms with Gasteiger partial charge in [0.15, 0.2) is 0 Å². The second kappa shape index (κ2) is 9.88. The van der Waals surface area contributed by atoms with E-state index in [0.29, 0.717) is 17.3 Å². The van der Waals surface area contributed by atoms with E-state index in [2.05, 4.69) is 30.9 Å². The Morgan fingerprint density at radius 3 is 2.50 bits per heavy atom. The van der Waals surface area contributed by atoms with Crippen LogP contribution >= 0.6 is 11.8 Å². The van der Waals surface area contributed by atoms with Gasteiger partial charge in [0, 0.05) is 41.3 Å². The monoisotopic (exact) mass is 446 g/mol. The van der Waals surface area contributed by atoms with E-state index < -0.39 is 11.8 Å². The van der Waals surface area contributed by atoms with Gasteiger partial charge in [0.05, 0.1) is 5.69 Å². The summed E-state index contributed by atoms with van der Waals surface area (Å²) in [6.45, 7) is 0. The molecule has 0 aliphatic rings. The molecule has 0 fully saturated rings. The average Bonchev–Trinajstić information content (AvgIpc) is 2.81. The van der Waals surface area contributed by atoms with Crippen LogP contribution in [0.2, 0.25) is 0 Å². The van der Waals surface area contributed by atoms with Crippen molar-refractivity contribution in [1.82, 2.24) is 15.0 Å². The Hall–Kier alpha value is -3.98. The first-order valence-corrected chi connectivity index (χ1v) is 10.5. The Morgan fingerprint density at radius 1 is 0.906 bits per heavy atom. The minimum Gasteiger partial charge on any atom is -0.357 e. The van der Waals surface area contributed by atoms with Gasteiger partial charge in [-0.05, 0) is 60.7 Å². The molecule has 0 radical (unpaired) electrons. The summed E-state index contributed by atoms with van der Waals surface area (Å²) in [5.74, 6) is 0.122. The van der Waals surface area contributed by atoms with Crippen molar-refractivity contribution in [2.45, 2.75) is 9.92 Å². The average molecular weight is 447 g/mol. The normalized spacial score (nSPS) is 10.4. The number of hydrogen-bond acceptors (Lipinski definition) is 6. The van der Waals surface area contributed by atoms with E-state index in [1.807, 2.05) is 30.3 Å². The fraction of sp³-hybridized carbons (Fsp3) is 0.0435. The summed E-state index contributed by atoms with van der Waals surface area (Å²) in [5.41, 5.74) is 2.66. The molecule has 0 saturated carbocycles. The van der Waals surface area contributed by atoms with Crippen LogP contribution in [0.3, 0.4) is 0 Å². The minimum absolute atomic E-state index is 0.378. The molecule has 4 rings (SSSR count). The highest BCUT2D eigenvalue weighted by Crippen LogP contribution is 2.34. The Kier molecular flexibility index (Phi) is 6.57. The Morgan fingerprint density at radius 2 is 1.72 bits per heavy atom. The Labute approximate surface area is 188 Å². The second-order valence-corrected chi connectivity index (χ2v) is 7.65. The van der Waals surface area contributed by atoms with Crippen LogP contribution in [-0.2, 0) is 0 Å². The maximum atomic E-state index is 13.3. The van der Waals surface area contributed by atoms with Gasteiger partial charge in [0.1, 0.15) is 10.8 Å². The molecule has 32 heavy (non-hydrogen) atoms. The van der Waals surface area contributed by atoms with E-state index in [0.717, 1.165) is 21.2 Å². The summed E-state index contributed by atoms with van der Waals surface area (Å²) < 4.78 is 13.3. The minimum atomic E-state index is -0.452. The molecule has 4 aromatic rings. The zero-order chi connectivity index (χ0) is 22.3. The fourth-order valence-electron chi connectivity index (χ4n) is 2.87. The lowest BCUT2D eigenvalue weighted by Gasteiger charge is -2.10. The van der Waals surface area contributed by atoms with E-state index in [-0.39, 0.29) is 0 Å². The summed E-state index contributed by atoms with van der Waals surface area (Å²) in [5, 5.41) is 9.07. The lowest BCUT2D eigenvalue weighted by molar-refractivity contribution is 0.262. The summed E-state index contributed by atoms with van der Waals surface area (Å²) in [7, 11) is 1.77. The Balaban J connectivity index is 1.45. The number of pyridine rings is 1. The van der Waals surface area contributed by atoms with Crippen LogP contribution in [0.25, 0.3) is 11.3 Å². The molecule has 0 unspecified atom stereocenters. The number of halogens is 1. The van der Waals surface area contributed by atoms with Crippen molar-refractivity contribution >= 4 is 35.1 Å². The third-order valence-corrected chi connectivity index (χ3v) is 5.36. The number of aromatic nitrogens is 3. The number of nitrogens with one attached hydrogen (secondary N) is 3. The number of anilines is 3. The maximum Gasteiger partial charge on any atom is 0.323 e. The SMILES string of the molecule is CNc1nccc(-c2cccnc2Sc2ccc(NC(=O)Nc3cccc(F)c3)cc2)n1. The molecule has 0 aliphatic carbocycles. The topological polar surface area (TPSA) is 91.8 Å². The number of benzene rings is 2. The molecular weight excluding hydrogens is 427 g/mol. The summed E-state index contributed by atoms with van der Waals surface area (Å²) in [6.07, 6.45) is 3.43. The molecule has 2 aromatic carbocycles. The lowest BCUT2D eigenvalue weighted by Crippen LogP contribution is -2.19. The number of carbonyl (C=O) groups excluding carboxylic acids is 1. The van der Waals surface area contributed by atoms with Crippen molar-refractivity contribution in [3.05, 3.63) is 84.9 Å². The summed E-state index contributed by atoms with van der Waals surface area (Å²) in [4.78, 5) is 26.2. The molecule has 9 heteroatoms. The quantitative estimate of drug-likeness (QED) is 0.361. The van der Waals surface area contributed by atoms with Gasteiger partial charge in [-0.15, -0.1) is 0 Å². The highest BCUT2D eigenvalue weighted by Gasteiger charge is 2.11. The van der Waals surface area contributed by atoms with Gasteiger partial charge in [-0.1, -0.05) is 17.8 Å². The van der Waals surface area contributed by atoms with E-state index in [4.69, 9.17) is 0 Å². The number of nitrogens with zero attached hydrogens (tertiary/aromatic N) is 3. The van der Waals surface area contributed by atoms with Crippen LogP contribution in [-0.4, -0.2) is 28.0 Å². The lowest BCUT2D eigenvalue weighted by atomic mass is 10.2. The largest absolute Gasteiger partial charge is 0.357 e. The first kappa shape index (κ1) is 21.3. The van der Waals surface area contributed by atoms with Crippen LogP contribution in [0.1, 0.15) is 0 Å². The highest BCUT2D eigenvalue weighted by molar-refractivity contribution is 7.99. The first-order valence-electron chi connectivity index (χ1n) is 9.68. The van der Waals surface area contributed by atoms with Crippen molar-refractivity contribution in [2.75, 3.05) is 23.0 Å². The second-order valence-electron chi connectivity index (χ2n) is 6.59. The number of amides is 2. The number of hydrogen-bond donors (Lipinski definition) is 3. The van der Waals surface area contributed by atoms with Crippen LogP contribution in [0.4, 0.5) is 26.5 Å². The zero-order valence-electron chi connectivity index (χ0n) is 17.0. The summed E-state index contributed by atoms with van der Waals surface area (Å²) in [6, 6.07) is 18.3. The van der Waals surface area contributed by atoms with Gasteiger partial charge in [-0.25, -0.2) is 24.1 Å². The predicted octanol–water partition coefficient (Wildman–Crippen LogP) is 5.51. The van der Waals surface area contributed by atoms with Gasteiger partial charge in [0.25, 0.3) is 0 Å². The van der Waals surface area contributed by atoms with Crippen molar-refractivity contribution in [3.8, 4) is 11.3 Å². The van der Waals surface area contributed by atoms with Crippen LogP contribution < -0.4 is 16.0 Å². The van der Waals surface area contributed by atoms with Gasteiger partial charge >= 0.3 is 6.03 Å². The van der Waals surface area contributed by atoms with E-state index in [1.54, 1.807) is 37.6 Å². The van der Waals surface area contributed by atoms with E-state index in [1.165, 1.54) is 30.0 Å². The van der Waals surface area contributed by atoms with Crippen molar-refractivity contribution in [1.29, 1.82) is 0 Å². The van der Waals surface area contributed by atoms with Crippen molar-refractivity contribution < 1.29 is 9.18 Å². The van der Waals surface area contributed by atoms with Gasteiger partial charge in [-0.3, -0.25) is 0 Å². The first-order chi connectivity index (χ1) is 15.6. The smallest absolute Gasteiger partial charge is 0.323 e. The molecule has 2 amide bonds. The molecule has 0 spiro atoms. The number of carbonyl (C=O) groups is 1. The molecule has 0 atom stereocenters. The standard InChI is InChI=1S/C23H19FN6OS/c1-25-22-27-13-11-20(30-22)19-6-3-12-26-21(19)32-18-9-7-16(8-10-18)28-23(31)29-17-5-2-4-15(24)14-17/h2-14H,1H3,(H,25,27,30)(H2,28,29,31). The molecule has 0 saturated heterocycles. The molecule has 0 aliphatic heterocycles. The third kappa shape index (κ3) is 5.38. The molecule has 0 bridgehead atoms. The van der Waals surface area contributed by atoms with Crippen molar-refractivity contribution in [3.63, 3.8) is 0 Å². The Bertz CT molecular complexity index is 1240. The molecule has 3 N–H and O–H groups in total. The predicted molar refractivity (Wildman–Crippen MR) is 124 cm³/mol. The van der Waals surface area contributed by atoms with Crippen LogP contribution in [0, 0.1) is 5.82 Å². The van der Waals surface area contributed by atoms with Gasteiger partial charge in [0.2, 0.25) is 5.95 Å². The van der Waals surface area contributed by atoms with Crippen LogP contribution in [0.15, 0.2) is 89.0 Å². The fourth-order valence-corrected chi connectivity index (χ4v) is 3.77. The van der Waals surface area contributed by atoms with Crippen molar-refractivity contribution in [2.24, 2.45) is 0 Å². The van der Waals surface area contributed by atoms with Crippen LogP contribution in [0.5, 0.6) is 0 Å². The number of rotatable bonds is 6. The maximum absolute atomic E-state index is 13.3. The number of urea groups is 1. The third-order valence-electron chi connectivity index (χ3n) is 4.34.